The molecule has 1 aliphatic rings. The van der Waals surface area contributed by atoms with E-state index in [2.05, 4.69) is 24.4 Å². The summed E-state index contributed by atoms with van der Waals surface area (Å²) in [6.07, 6.45) is 2.58. The molecule has 1 saturated heterocycles. The Balaban J connectivity index is 1.60. The highest BCUT2D eigenvalue weighted by atomic mass is 32.2. The highest BCUT2D eigenvalue weighted by Crippen LogP contribution is 2.26. The van der Waals surface area contributed by atoms with Gasteiger partial charge in [0, 0.05) is 23.8 Å². The van der Waals surface area contributed by atoms with Gasteiger partial charge in [-0.05, 0) is 37.5 Å². The van der Waals surface area contributed by atoms with Gasteiger partial charge in [-0.2, -0.15) is 0 Å². The number of benzene rings is 2. The molecule has 1 amide bonds. The first-order valence-electron chi connectivity index (χ1n) is 8.39. The van der Waals surface area contributed by atoms with E-state index in [9.17, 15) is 4.79 Å². The van der Waals surface area contributed by atoms with Crippen LogP contribution in [0.25, 0.3) is 0 Å². The van der Waals surface area contributed by atoms with Gasteiger partial charge in [-0.25, -0.2) is 0 Å². The van der Waals surface area contributed by atoms with Crippen LogP contribution in [0.4, 0.5) is 0 Å². The summed E-state index contributed by atoms with van der Waals surface area (Å²) in [6, 6.07) is 16.0. The molecule has 1 N–H and O–H groups in total. The first-order valence-corrected chi connectivity index (χ1v) is 9.38. The molecule has 1 heterocycles. The Kier molecular flexibility index (Phi) is 5.94. The fourth-order valence-corrected chi connectivity index (χ4v) is 3.84. The molecule has 0 bridgehead atoms. The summed E-state index contributed by atoms with van der Waals surface area (Å²) in [7, 11) is 0. The monoisotopic (exact) mass is 341 g/mol. The van der Waals surface area contributed by atoms with Crippen LogP contribution in [-0.2, 0) is 11.3 Å². The largest absolute Gasteiger partial charge is 0.377 e. The molecule has 126 valence electrons. The van der Waals surface area contributed by atoms with Gasteiger partial charge in [0.25, 0.3) is 5.91 Å². The third kappa shape index (κ3) is 4.62. The lowest BCUT2D eigenvalue weighted by Gasteiger charge is -2.12. The van der Waals surface area contributed by atoms with E-state index in [1.165, 1.54) is 5.56 Å². The average molecular weight is 341 g/mol. The van der Waals surface area contributed by atoms with Gasteiger partial charge in [0.1, 0.15) is 0 Å². The molecule has 0 radical (unpaired) electrons. The maximum atomic E-state index is 12.5. The number of nitrogens with one attached hydrogen (secondary N) is 1. The summed E-state index contributed by atoms with van der Waals surface area (Å²) in [5.74, 6) is 0.883. The molecular weight excluding hydrogens is 318 g/mol. The maximum absolute atomic E-state index is 12.5. The normalized spacial score (nSPS) is 17.0. The summed E-state index contributed by atoms with van der Waals surface area (Å²) in [5, 5.41) is 3.02. The van der Waals surface area contributed by atoms with E-state index in [0.29, 0.717) is 12.6 Å². The van der Waals surface area contributed by atoms with E-state index in [4.69, 9.17) is 4.74 Å². The Morgan fingerprint density at radius 2 is 2.00 bits per heavy atom. The van der Waals surface area contributed by atoms with Gasteiger partial charge in [0.2, 0.25) is 0 Å². The first-order chi connectivity index (χ1) is 11.7. The van der Waals surface area contributed by atoms with Gasteiger partial charge < -0.3 is 10.1 Å². The maximum Gasteiger partial charge on any atom is 0.252 e. The molecule has 3 rings (SSSR count). The van der Waals surface area contributed by atoms with Crippen molar-refractivity contribution in [3.8, 4) is 0 Å². The molecule has 0 spiro atoms. The van der Waals surface area contributed by atoms with Crippen molar-refractivity contribution in [1.29, 1.82) is 0 Å². The standard InChI is InChI=1S/C20H23NO2S/c1-15-8-10-16(11-9-15)13-21-20(22)18-6-2-3-7-19(18)24-14-17-5-4-12-23-17/h2-3,6-11,17H,4-5,12-14H2,1H3,(H,21,22)/t17-/m0/s1. The van der Waals surface area contributed by atoms with Crippen molar-refractivity contribution in [2.45, 2.75) is 37.3 Å². The molecule has 3 nitrogen and oxygen atoms in total. The van der Waals surface area contributed by atoms with E-state index in [1.807, 2.05) is 36.4 Å². The van der Waals surface area contributed by atoms with Gasteiger partial charge >= 0.3 is 0 Å². The molecule has 0 saturated carbocycles. The molecule has 24 heavy (non-hydrogen) atoms. The van der Waals surface area contributed by atoms with E-state index in [0.717, 1.165) is 41.2 Å². The van der Waals surface area contributed by atoms with E-state index in [1.54, 1.807) is 11.8 Å². The molecule has 1 atom stereocenters. The Morgan fingerprint density at radius 1 is 1.21 bits per heavy atom. The number of carbonyl (C=O) groups excluding carboxylic acids is 1. The molecule has 0 unspecified atom stereocenters. The van der Waals surface area contributed by atoms with Gasteiger partial charge in [0.05, 0.1) is 11.7 Å². The topological polar surface area (TPSA) is 38.3 Å². The number of hydrogen-bond donors (Lipinski definition) is 1. The number of rotatable bonds is 6. The number of ether oxygens (including phenoxy) is 1. The minimum atomic E-state index is -0.0222. The Hall–Kier alpha value is -1.78. The lowest BCUT2D eigenvalue weighted by molar-refractivity contribution is 0.0948. The molecule has 1 aliphatic heterocycles. The predicted octanol–water partition coefficient (Wildman–Crippen LogP) is 4.20. The quantitative estimate of drug-likeness (QED) is 0.801. The Bertz CT molecular complexity index is 678. The first kappa shape index (κ1) is 17.1. The van der Waals surface area contributed by atoms with Crippen LogP contribution in [-0.4, -0.2) is 24.4 Å². The number of aryl methyl sites for hydroxylation is 1. The minimum Gasteiger partial charge on any atom is -0.377 e. The fourth-order valence-electron chi connectivity index (χ4n) is 2.72. The van der Waals surface area contributed by atoms with Crippen LogP contribution in [0.15, 0.2) is 53.4 Å². The van der Waals surface area contributed by atoms with E-state index < -0.39 is 0 Å². The second-order valence-electron chi connectivity index (χ2n) is 6.11. The number of amides is 1. The van der Waals surface area contributed by atoms with Crippen molar-refractivity contribution in [2.75, 3.05) is 12.4 Å². The van der Waals surface area contributed by atoms with Crippen LogP contribution in [0.2, 0.25) is 0 Å². The van der Waals surface area contributed by atoms with Crippen LogP contribution in [0.5, 0.6) is 0 Å². The lowest BCUT2D eigenvalue weighted by atomic mass is 10.1. The summed E-state index contributed by atoms with van der Waals surface area (Å²) in [4.78, 5) is 13.6. The van der Waals surface area contributed by atoms with Gasteiger partial charge in [-0.1, -0.05) is 42.0 Å². The van der Waals surface area contributed by atoms with Crippen LogP contribution >= 0.6 is 11.8 Å². The summed E-state index contributed by atoms with van der Waals surface area (Å²) < 4.78 is 5.67. The second kappa shape index (κ2) is 8.36. The number of carbonyl (C=O) groups is 1. The highest BCUT2D eigenvalue weighted by Gasteiger charge is 2.17. The SMILES string of the molecule is Cc1ccc(CNC(=O)c2ccccc2SC[C@@H]2CCCO2)cc1. The van der Waals surface area contributed by atoms with Crippen molar-refractivity contribution in [2.24, 2.45) is 0 Å². The number of thioether (sulfide) groups is 1. The molecule has 0 aliphatic carbocycles. The van der Waals surface area contributed by atoms with Gasteiger partial charge in [-0.3, -0.25) is 4.79 Å². The molecule has 1 fully saturated rings. The molecule has 0 aromatic heterocycles. The van der Waals surface area contributed by atoms with Gasteiger partial charge in [-0.15, -0.1) is 11.8 Å². The zero-order valence-electron chi connectivity index (χ0n) is 14.0. The van der Waals surface area contributed by atoms with Crippen LogP contribution in [0.1, 0.15) is 34.3 Å². The van der Waals surface area contributed by atoms with Crippen molar-refractivity contribution in [3.63, 3.8) is 0 Å². The zero-order valence-corrected chi connectivity index (χ0v) is 14.8. The van der Waals surface area contributed by atoms with Gasteiger partial charge in [0.15, 0.2) is 0 Å². The Labute approximate surface area is 147 Å². The van der Waals surface area contributed by atoms with Crippen molar-refractivity contribution in [1.82, 2.24) is 5.32 Å². The molecular formula is C20H23NO2S. The summed E-state index contributed by atoms with van der Waals surface area (Å²) in [6.45, 7) is 3.47. The molecule has 2 aromatic rings. The minimum absolute atomic E-state index is 0.0222. The second-order valence-corrected chi connectivity index (χ2v) is 7.17. The van der Waals surface area contributed by atoms with Crippen LogP contribution < -0.4 is 5.32 Å². The van der Waals surface area contributed by atoms with E-state index in [-0.39, 0.29) is 5.91 Å². The smallest absolute Gasteiger partial charge is 0.252 e. The Morgan fingerprint density at radius 3 is 2.75 bits per heavy atom. The van der Waals surface area contributed by atoms with Crippen molar-refractivity contribution < 1.29 is 9.53 Å². The van der Waals surface area contributed by atoms with Crippen molar-refractivity contribution in [3.05, 3.63) is 65.2 Å². The third-order valence-corrected chi connectivity index (χ3v) is 5.36. The lowest BCUT2D eigenvalue weighted by Crippen LogP contribution is -2.23. The molecule has 2 aromatic carbocycles. The van der Waals surface area contributed by atoms with Crippen LogP contribution in [0, 0.1) is 6.92 Å². The number of hydrogen-bond acceptors (Lipinski definition) is 3. The summed E-state index contributed by atoms with van der Waals surface area (Å²) in [5.41, 5.74) is 3.08. The van der Waals surface area contributed by atoms with Crippen molar-refractivity contribution >= 4 is 17.7 Å². The average Bonchev–Trinajstić information content (AvgIpc) is 3.13. The third-order valence-electron chi connectivity index (χ3n) is 4.15. The summed E-state index contributed by atoms with van der Waals surface area (Å²) >= 11 is 1.71. The zero-order chi connectivity index (χ0) is 16.8. The molecule has 4 heteroatoms. The highest BCUT2D eigenvalue weighted by molar-refractivity contribution is 7.99. The predicted molar refractivity (Wildman–Crippen MR) is 98.5 cm³/mol. The van der Waals surface area contributed by atoms with Crippen LogP contribution in [0.3, 0.4) is 0 Å². The fraction of sp³-hybridized carbons (Fsp3) is 0.350. The van der Waals surface area contributed by atoms with E-state index >= 15 is 0 Å².